The Morgan fingerprint density at radius 3 is 2.75 bits per heavy atom. The number of hydrogen-bond acceptors (Lipinski definition) is 3. The van der Waals surface area contributed by atoms with Crippen LogP contribution in [0.2, 0.25) is 0 Å². The summed E-state index contributed by atoms with van der Waals surface area (Å²) in [5, 5.41) is 13.3. The summed E-state index contributed by atoms with van der Waals surface area (Å²) in [5.41, 5.74) is 3.04. The maximum atomic E-state index is 11.1. The van der Waals surface area contributed by atoms with E-state index in [1.54, 1.807) is 12.4 Å². The first-order valence-corrected chi connectivity index (χ1v) is 8.56. The van der Waals surface area contributed by atoms with Crippen molar-refractivity contribution in [3.05, 3.63) is 59.9 Å². The van der Waals surface area contributed by atoms with Crippen LogP contribution in [0.25, 0.3) is 0 Å². The molecule has 2 N–H and O–H groups in total. The number of amides is 1. The van der Waals surface area contributed by atoms with Gasteiger partial charge in [0.2, 0.25) is 5.91 Å². The molecular weight excluding hydrogens is 300 g/mol. The van der Waals surface area contributed by atoms with Crippen molar-refractivity contribution in [1.29, 1.82) is 0 Å². The molecule has 1 aliphatic carbocycles. The zero-order valence-corrected chi connectivity index (χ0v) is 14.0. The molecule has 3 rings (SSSR count). The monoisotopic (exact) mass is 324 g/mol. The summed E-state index contributed by atoms with van der Waals surface area (Å²) in [7, 11) is 0. The quantitative estimate of drug-likeness (QED) is 0.881. The fraction of sp³-hybridized carbons (Fsp3) is 0.400. The maximum absolute atomic E-state index is 11.1. The molecule has 1 heterocycles. The van der Waals surface area contributed by atoms with Gasteiger partial charge in [-0.25, -0.2) is 0 Å². The maximum Gasteiger partial charge on any atom is 0.221 e. The van der Waals surface area contributed by atoms with Gasteiger partial charge in [0.15, 0.2) is 0 Å². The van der Waals surface area contributed by atoms with Gasteiger partial charge in [-0.3, -0.25) is 9.78 Å². The molecule has 24 heavy (non-hydrogen) atoms. The number of anilines is 1. The van der Waals surface area contributed by atoms with Crippen molar-refractivity contribution >= 4 is 11.6 Å². The molecule has 0 bridgehead atoms. The highest BCUT2D eigenvalue weighted by Gasteiger charge is 2.30. The second-order valence-electron chi connectivity index (χ2n) is 6.75. The molecule has 0 saturated heterocycles. The van der Waals surface area contributed by atoms with Gasteiger partial charge in [-0.15, -0.1) is 0 Å². The molecule has 3 atom stereocenters. The second kappa shape index (κ2) is 7.58. The Morgan fingerprint density at radius 2 is 2.08 bits per heavy atom. The highest BCUT2D eigenvalue weighted by Crippen LogP contribution is 2.40. The van der Waals surface area contributed by atoms with Gasteiger partial charge in [0.1, 0.15) is 0 Å². The van der Waals surface area contributed by atoms with E-state index in [0.717, 1.165) is 36.9 Å². The summed E-state index contributed by atoms with van der Waals surface area (Å²) in [5.74, 6) is 0.872. The fourth-order valence-corrected chi connectivity index (χ4v) is 3.67. The van der Waals surface area contributed by atoms with E-state index in [1.165, 1.54) is 12.5 Å². The van der Waals surface area contributed by atoms with Crippen molar-refractivity contribution in [3.63, 3.8) is 0 Å². The second-order valence-corrected chi connectivity index (χ2v) is 6.75. The third-order valence-corrected chi connectivity index (χ3v) is 4.85. The molecular formula is C20H24N2O2. The lowest BCUT2D eigenvalue weighted by Gasteiger charge is -2.18. The van der Waals surface area contributed by atoms with Gasteiger partial charge in [-0.1, -0.05) is 18.2 Å². The van der Waals surface area contributed by atoms with Crippen LogP contribution in [0.15, 0.2) is 48.8 Å². The number of rotatable bonds is 5. The minimum atomic E-state index is -0.411. The topological polar surface area (TPSA) is 62.2 Å². The molecule has 2 aromatic rings. The SMILES string of the molecule is CC(=O)Nc1ccc(CC2CCC([C@H](O)c3cccnc3)C2)cc1. The number of hydrogen-bond donors (Lipinski definition) is 2. The predicted molar refractivity (Wildman–Crippen MR) is 94.5 cm³/mol. The van der Waals surface area contributed by atoms with E-state index in [2.05, 4.69) is 22.4 Å². The normalized spacial score (nSPS) is 21.4. The Morgan fingerprint density at radius 1 is 1.29 bits per heavy atom. The van der Waals surface area contributed by atoms with Crippen LogP contribution in [-0.2, 0) is 11.2 Å². The highest BCUT2D eigenvalue weighted by molar-refractivity contribution is 5.88. The Balaban J connectivity index is 1.55. The van der Waals surface area contributed by atoms with Crippen LogP contribution in [0.5, 0.6) is 0 Å². The van der Waals surface area contributed by atoms with Gasteiger partial charge in [-0.05, 0) is 66.8 Å². The van der Waals surface area contributed by atoms with E-state index in [1.807, 2.05) is 24.3 Å². The number of benzene rings is 1. The van der Waals surface area contributed by atoms with Gasteiger partial charge in [0.05, 0.1) is 6.10 Å². The van der Waals surface area contributed by atoms with E-state index in [9.17, 15) is 9.90 Å². The van der Waals surface area contributed by atoms with Crippen molar-refractivity contribution in [2.75, 3.05) is 5.32 Å². The molecule has 1 amide bonds. The van der Waals surface area contributed by atoms with Gasteiger partial charge in [0.25, 0.3) is 0 Å². The largest absolute Gasteiger partial charge is 0.388 e. The van der Waals surface area contributed by atoms with Gasteiger partial charge < -0.3 is 10.4 Å². The lowest BCUT2D eigenvalue weighted by atomic mass is 9.92. The number of carbonyl (C=O) groups excluding carboxylic acids is 1. The first-order chi connectivity index (χ1) is 11.6. The van der Waals surface area contributed by atoms with Crippen molar-refractivity contribution in [3.8, 4) is 0 Å². The van der Waals surface area contributed by atoms with Crippen LogP contribution < -0.4 is 5.32 Å². The highest BCUT2D eigenvalue weighted by atomic mass is 16.3. The van der Waals surface area contributed by atoms with E-state index in [-0.39, 0.29) is 5.91 Å². The van der Waals surface area contributed by atoms with Crippen LogP contribution in [0.1, 0.15) is 43.4 Å². The molecule has 2 unspecified atom stereocenters. The summed E-state index contributed by atoms with van der Waals surface area (Å²) in [4.78, 5) is 15.2. The zero-order chi connectivity index (χ0) is 16.9. The number of carbonyl (C=O) groups is 1. The molecule has 0 radical (unpaired) electrons. The molecule has 1 aromatic carbocycles. The average molecular weight is 324 g/mol. The molecule has 0 spiro atoms. The number of nitrogens with one attached hydrogen (secondary N) is 1. The van der Waals surface area contributed by atoms with Crippen LogP contribution >= 0.6 is 0 Å². The molecule has 1 saturated carbocycles. The minimum Gasteiger partial charge on any atom is -0.388 e. The predicted octanol–water partition coefficient (Wildman–Crippen LogP) is 3.73. The van der Waals surface area contributed by atoms with Crippen molar-refractivity contribution in [1.82, 2.24) is 4.98 Å². The molecule has 1 fully saturated rings. The summed E-state index contributed by atoms with van der Waals surface area (Å²) < 4.78 is 0. The number of pyridine rings is 1. The molecule has 1 aliphatic rings. The number of aliphatic hydroxyl groups is 1. The average Bonchev–Trinajstić information content (AvgIpc) is 3.05. The Kier molecular flexibility index (Phi) is 5.26. The van der Waals surface area contributed by atoms with E-state index in [4.69, 9.17) is 0 Å². The van der Waals surface area contributed by atoms with Gasteiger partial charge >= 0.3 is 0 Å². The summed E-state index contributed by atoms with van der Waals surface area (Å²) >= 11 is 0. The number of aliphatic hydroxyl groups excluding tert-OH is 1. The number of nitrogens with zero attached hydrogens (tertiary/aromatic N) is 1. The third-order valence-electron chi connectivity index (χ3n) is 4.85. The molecule has 126 valence electrons. The lowest BCUT2D eigenvalue weighted by molar-refractivity contribution is -0.114. The summed E-state index contributed by atoms with van der Waals surface area (Å²) in [6, 6.07) is 11.9. The Bertz CT molecular complexity index is 670. The standard InChI is InChI=1S/C20H24N2O2/c1-14(23)22-19-8-5-15(6-9-19)11-16-4-7-17(12-16)20(24)18-3-2-10-21-13-18/h2-3,5-6,8-10,13,16-17,20,24H,4,7,11-12H2,1H3,(H,22,23)/t16?,17?,20-/m0/s1. The van der Waals surface area contributed by atoms with Crippen LogP contribution in [0.4, 0.5) is 5.69 Å². The molecule has 1 aromatic heterocycles. The van der Waals surface area contributed by atoms with E-state index < -0.39 is 6.10 Å². The first-order valence-electron chi connectivity index (χ1n) is 8.56. The summed E-state index contributed by atoms with van der Waals surface area (Å²) in [6.07, 6.45) is 7.36. The van der Waals surface area contributed by atoms with E-state index in [0.29, 0.717) is 11.8 Å². The van der Waals surface area contributed by atoms with Crippen molar-refractivity contribution in [2.24, 2.45) is 11.8 Å². The minimum absolute atomic E-state index is 0.0502. The molecule has 4 heteroatoms. The molecule has 4 nitrogen and oxygen atoms in total. The van der Waals surface area contributed by atoms with Crippen molar-refractivity contribution in [2.45, 2.75) is 38.7 Å². The Labute approximate surface area is 142 Å². The smallest absolute Gasteiger partial charge is 0.221 e. The first kappa shape index (κ1) is 16.7. The lowest BCUT2D eigenvalue weighted by Crippen LogP contribution is -2.10. The van der Waals surface area contributed by atoms with Gasteiger partial charge in [-0.2, -0.15) is 0 Å². The Hall–Kier alpha value is -2.20. The number of aromatic nitrogens is 1. The molecule has 0 aliphatic heterocycles. The van der Waals surface area contributed by atoms with Crippen LogP contribution in [0, 0.1) is 11.8 Å². The summed E-state index contributed by atoms with van der Waals surface area (Å²) in [6.45, 7) is 1.51. The van der Waals surface area contributed by atoms with Gasteiger partial charge in [0, 0.05) is 25.0 Å². The third kappa shape index (κ3) is 4.20. The van der Waals surface area contributed by atoms with Crippen molar-refractivity contribution < 1.29 is 9.90 Å². The van der Waals surface area contributed by atoms with Crippen LogP contribution in [-0.4, -0.2) is 16.0 Å². The van der Waals surface area contributed by atoms with E-state index >= 15 is 0 Å². The fourth-order valence-electron chi connectivity index (χ4n) is 3.67. The van der Waals surface area contributed by atoms with Crippen LogP contribution in [0.3, 0.4) is 0 Å². The zero-order valence-electron chi connectivity index (χ0n) is 14.0.